The number of nitrogens with two attached hydrogens (primary N) is 1. The Hall–Kier alpha value is -1.08. The van der Waals surface area contributed by atoms with Crippen LogP contribution in [-0.2, 0) is 11.8 Å². The summed E-state index contributed by atoms with van der Waals surface area (Å²) in [6.07, 6.45) is -2.09. The smallest absolute Gasteiger partial charge is 0.363 e. The minimum Gasteiger partial charge on any atom is -0.363 e. The number of nitrogens with zero attached hydrogens (tertiary/aromatic N) is 2. The monoisotopic (exact) mass is 223 g/mol. The molecule has 4 nitrogen and oxygen atoms in total. The molecule has 86 valence electrons. The van der Waals surface area contributed by atoms with Crippen molar-refractivity contribution in [3.63, 3.8) is 0 Å². The van der Waals surface area contributed by atoms with Gasteiger partial charge in [-0.25, -0.2) is 0 Å². The first kappa shape index (κ1) is 12.0. The van der Waals surface area contributed by atoms with Gasteiger partial charge in [-0.3, -0.25) is 4.68 Å². The van der Waals surface area contributed by atoms with Crippen molar-refractivity contribution >= 4 is 0 Å². The van der Waals surface area contributed by atoms with Gasteiger partial charge in [0, 0.05) is 25.4 Å². The molecule has 0 radical (unpaired) electrons. The number of aryl methyl sites for hydroxylation is 1. The fourth-order valence-corrected chi connectivity index (χ4v) is 1.10. The number of halogens is 3. The largest absolute Gasteiger partial charge is 0.411 e. The average Bonchev–Trinajstić information content (AvgIpc) is 2.51. The van der Waals surface area contributed by atoms with Gasteiger partial charge >= 0.3 is 6.18 Å². The van der Waals surface area contributed by atoms with Crippen molar-refractivity contribution in [3.05, 3.63) is 18.0 Å². The quantitative estimate of drug-likeness (QED) is 0.828. The predicted octanol–water partition coefficient (Wildman–Crippen LogP) is 0.999. The first-order valence-corrected chi connectivity index (χ1v) is 4.29. The van der Waals surface area contributed by atoms with Crippen LogP contribution < -0.4 is 5.73 Å². The lowest BCUT2D eigenvalue weighted by molar-refractivity contribution is -0.185. The Morgan fingerprint density at radius 3 is 2.67 bits per heavy atom. The van der Waals surface area contributed by atoms with E-state index in [1.165, 1.54) is 10.9 Å². The molecule has 7 heteroatoms. The molecule has 0 saturated heterocycles. The maximum atomic E-state index is 11.9. The van der Waals surface area contributed by atoms with Gasteiger partial charge in [0.15, 0.2) is 0 Å². The third kappa shape index (κ3) is 3.88. The van der Waals surface area contributed by atoms with Crippen LogP contribution in [0.3, 0.4) is 0 Å². The van der Waals surface area contributed by atoms with Crippen LogP contribution in [0, 0.1) is 0 Å². The summed E-state index contributed by atoms with van der Waals surface area (Å²) in [6, 6.07) is 0. The van der Waals surface area contributed by atoms with Gasteiger partial charge in [0.05, 0.1) is 12.3 Å². The van der Waals surface area contributed by atoms with E-state index >= 15 is 0 Å². The maximum Gasteiger partial charge on any atom is 0.411 e. The van der Waals surface area contributed by atoms with E-state index in [9.17, 15) is 13.2 Å². The standard InChI is InChI=1S/C8H12F3N3O/c1-14-4-6(3-13-14)7(2-12)15-5-8(9,10)11/h3-4,7H,2,5,12H2,1H3. The van der Waals surface area contributed by atoms with Crippen LogP contribution in [0.4, 0.5) is 13.2 Å². The first-order valence-electron chi connectivity index (χ1n) is 4.29. The number of ether oxygens (including phenoxy) is 1. The first-order chi connectivity index (χ1) is 6.92. The van der Waals surface area contributed by atoms with Gasteiger partial charge < -0.3 is 10.5 Å². The zero-order valence-electron chi connectivity index (χ0n) is 8.16. The highest BCUT2D eigenvalue weighted by Gasteiger charge is 2.29. The fourth-order valence-electron chi connectivity index (χ4n) is 1.10. The molecule has 1 rings (SSSR count). The lowest BCUT2D eigenvalue weighted by Gasteiger charge is -2.15. The molecule has 0 aliphatic rings. The number of alkyl halides is 3. The van der Waals surface area contributed by atoms with Crippen molar-refractivity contribution in [1.82, 2.24) is 9.78 Å². The fraction of sp³-hybridized carbons (Fsp3) is 0.625. The molecule has 1 aromatic heterocycles. The van der Waals surface area contributed by atoms with E-state index in [2.05, 4.69) is 9.84 Å². The Balaban J connectivity index is 2.57. The van der Waals surface area contributed by atoms with Crippen LogP contribution in [0.5, 0.6) is 0 Å². The lowest BCUT2D eigenvalue weighted by atomic mass is 10.2. The second-order valence-electron chi connectivity index (χ2n) is 3.10. The van der Waals surface area contributed by atoms with Crippen molar-refractivity contribution in [2.24, 2.45) is 12.8 Å². The number of hydrogen-bond donors (Lipinski definition) is 1. The third-order valence-electron chi connectivity index (χ3n) is 1.76. The maximum absolute atomic E-state index is 11.9. The molecule has 15 heavy (non-hydrogen) atoms. The van der Waals surface area contributed by atoms with Crippen LogP contribution in [0.25, 0.3) is 0 Å². The second-order valence-corrected chi connectivity index (χ2v) is 3.10. The zero-order valence-corrected chi connectivity index (χ0v) is 8.16. The van der Waals surface area contributed by atoms with E-state index in [0.29, 0.717) is 5.56 Å². The van der Waals surface area contributed by atoms with Gasteiger partial charge in [-0.05, 0) is 0 Å². The van der Waals surface area contributed by atoms with Crippen molar-refractivity contribution in [2.75, 3.05) is 13.2 Å². The Labute approximate surface area is 84.8 Å². The van der Waals surface area contributed by atoms with Gasteiger partial charge in [0.2, 0.25) is 0 Å². The van der Waals surface area contributed by atoms with Crippen LogP contribution in [0.2, 0.25) is 0 Å². The van der Waals surface area contributed by atoms with Crippen molar-refractivity contribution < 1.29 is 17.9 Å². The molecule has 0 saturated carbocycles. The highest BCUT2D eigenvalue weighted by atomic mass is 19.4. The van der Waals surface area contributed by atoms with Gasteiger partial charge in [0.1, 0.15) is 6.61 Å². The van der Waals surface area contributed by atoms with Gasteiger partial charge in [0.25, 0.3) is 0 Å². The van der Waals surface area contributed by atoms with E-state index in [0.717, 1.165) is 0 Å². The predicted molar refractivity (Wildman–Crippen MR) is 47.0 cm³/mol. The van der Waals surface area contributed by atoms with Crippen LogP contribution >= 0.6 is 0 Å². The van der Waals surface area contributed by atoms with Crippen LogP contribution in [0.15, 0.2) is 12.4 Å². The SMILES string of the molecule is Cn1cc(C(CN)OCC(F)(F)F)cn1. The minimum atomic E-state index is -4.34. The molecular formula is C8H12F3N3O. The normalized spacial score (nSPS) is 14.2. The molecule has 0 aliphatic carbocycles. The summed E-state index contributed by atoms with van der Waals surface area (Å²) >= 11 is 0. The summed E-state index contributed by atoms with van der Waals surface area (Å²) in [5.74, 6) is 0. The van der Waals surface area contributed by atoms with Crippen molar-refractivity contribution in [1.29, 1.82) is 0 Å². The summed E-state index contributed by atoms with van der Waals surface area (Å²) in [4.78, 5) is 0. The molecule has 0 bridgehead atoms. The lowest BCUT2D eigenvalue weighted by Crippen LogP contribution is -2.23. The highest BCUT2D eigenvalue weighted by Crippen LogP contribution is 2.21. The summed E-state index contributed by atoms with van der Waals surface area (Å²) in [5.41, 5.74) is 5.86. The van der Waals surface area contributed by atoms with E-state index in [-0.39, 0.29) is 6.54 Å². The van der Waals surface area contributed by atoms with E-state index < -0.39 is 18.9 Å². The molecule has 0 spiro atoms. The number of aromatic nitrogens is 2. The summed E-state index contributed by atoms with van der Waals surface area (Å²) in [5, 5.41) is 3.83. The number of hydrogen-bond acceptors (Lipinski definition) is 3. The number of rotatable bonds is 4. The van der Waals surface area contributed by atoms with Crippen molar-refractivity contribution in [3.8, 4) is 0 Å². The Bertz CT molecular complexity index is 310. The van der Waals surface area contributed by atoms with Crippen molar-refractivity contribution in [2.45, 2.75) is 12.3 Å². The molecule has 1 unspecified atom stereocenters. The summed E-state index contributed by atoms with van der Waals surface area (Å²) in [7, 11) is 1.67. The van der Waals surface area contributed by atoms with Gasteiger partial charge in [-0.15, -0.1) is 0 Å². The molecule has 0 fully saturated rings. The van der Waals surface area contributed by atoms with E-state index in [1.54, 1.807) is 13.2 Å². The Morgan fingerprint density at radius 2 is 2.27 bits per heavy atom. The van der Waals surface area contributed by atoms with E-state index in [1.807, 2.05) is 0 Å². The average molecular weight is 223 g/mol. The molecule has 0 amide bonds. The molecule has 1 aromatic rings. The second kappa shape index (κ2) is 4.63. The Morgan fingerprint density at radius 1 is 1.60 bits per heavy atom. The zero-order chi connectivity index (χ0) is 11.5. The molecule has 0 aliphatic heterocycles. The Kier molecular flexibility index (Phi) is 3.70. The summed E-state index contributed by atoms with van der Waals surface area (Å²) < 4.78 is 41.8. The third-order valence-corrected chi connectivity index (χ3v) is 1.76. The topological polar surface area (TPSA) is 53.1 Å². The van der Waals surface area contributed by atoms with E-state index in [4.69, 9.17) is 5.73 Å². The molecule has 2 N–H and O–H groups in total. The molecule has 0 aromatic carbocycles. The minimum absolute atomic E-state index is 0.0121. The molecular weight excluding hydrogens is 211 g/mol. The van der Waals surface area contributed by atoms with Gasteiger partial charge in [-0.1, -0.05) is 0 Å². The summed E-state index contributed by atoms with van der Waals surface area (Å²) in [6.45, 7) is -1.31. The van der Waals surface area contributed by atoms with Crippen LogP contribution in [-0.4, -0.2) is 29.1 Å². The molecule has 1 heterocycles. The molecule has 1 atom stereocenters. The van der Waals surface area contributed by atoms with Gasteiger partial charge in [-0.2, -0.15) is 18.3 Å². The highest BCUT2D eigenvalue weighted by molar-refractivity contribution is 5.08. The van der Waals surface area contributed by atoms with Crippen LogP contribution in [0.1, 0.15) is 11.7 Å².